The van der Waals surface area contributed by atoms with E-state index in [-0.39, 0.29) is 5.65 Å². The Morgan fingerprint density at radius 3 is 2.72 bits per heavy atom. The number of hydrazone groups is 1. The first kappa shape index (κ1) is 20.6. The number of aromatic nitrogens is 4. The summed E-state index contributed by atoms with van der Waals surface area (Å²) in [7, 11) is 4.59. The second-order valence-electron chi connectivity index (χ2n) is 6.61. The number of allylic oxidation sites excluding steroid dienone is 1. The van der Waals surface area contributed by atoms with Crippen LogP contribution in [0.2, 0.25) is 0 Å². The van der Waals surface area contributed by atoms with Gasteiger partial charge in [0, 0.05) is 30.7 Å². The van der Waals surface area contributed by atoms with Crippen molar-refractivity contribution >= 4 is 39.3 Å². The Labute approximate surface area is 175 Å². The molecule has 1 N–H and O–H groups in total. The number of nitrogens with zero attached hydrogens (tertiary/aromatic N) is 5. The molecular formula is C19H21BrN6O3. The van der Waals surface area contributed by atoms with E-state index in [9.17, 15) is 9.59 Å². The molecule has 2 heterocycles. The molecule has 1 aromatic carbocycles. The van der Waals surface area contributed by atoms with Gasteiger partial charge >= 0.3 is 5.69 Å². The van der Waals surface area contributed by atoms with E-state index in [1.54, 1.807) is 24.9 Å². The van der Waals surface area contributed by atoms with Crippen LogP contribution in [0.5, 0.6) is 5.75 Å². The Morgan fingerprint density at radius 1 is 1.34 bits per heavy atom. The summed E-state index contributed by atoms with van der Waals surface area (Å²) >= 11 is 3.42. The Balaban J connectivity index is 2.10. The number of aryl methyl sites for hydroxylation is 1. The van der Waals surface area contributed by atoms with Crippen molar-refractivity contribution in [2.24, 2.45) is 19.2 Å². The average molecular weight is 461 g/mol. The fraction of sp³-hybridized carbons (Fsp3) is 0.263. The van der Waals surface area contributed by atoms with Gasteiger partial charge in [-0.25, -0.2) is 10.2 Å². The minimum absolute atomic E-state index is 0.275. The summed E-state index contributed by atoms with van der Waals surface area (Å²) in [5, 5.41) is 4.24. The van der Waals surface area contributed by atoms with Gasteiger partial charge in [-0.05, 0) is 25.1 Å². The van der Waals surface area contributed by atoms with Gasteiger partial charge < -0.3 is 4.74 Å². The van der Waals surface area contributed by atoms with Crippen LogP contribution in [0.25, 0.3) is 11.2 Å². The molecule has 0 bridgehead atoms. The fourth-order valence-corrected chi connectivity index (χ4v) is 3.30. The van der Waals surface area contributed by atoms with Crippen LogP contribution in [-0.2, 0) is 20.6 Å². The number of anilines is 1. The molecule has 3 aromatic rings. The third kappa shape index (κ3) is 3.88. The smallest absolute Gasteiger partial charge is 0.332 e. The summed E-state index contributed by atoms with van der Waals surface area (Å²) in [6.45, 7) is 6.11. The Kier molecular flexibility index (Phi) is 5.73. The van der Waals surface area contributed by atoms with E-state index < -0.39 is 11.2 Å². The van der Waals surface area contributed by atoms with Gasteiger partial charge in [-0.3, -0.25) is 18.5 Å². The average Bonchev–Trinajstić information content (AvgIpc) is 3.02. The maximum atomic E-state index is 12.7. The highest BCUT2D eigenvalue weighted by Crippen LogP contribution is 2.22. The monoisotopic (exact) mass is 460 g/mol. The number of fused-ring (bicyclic) bond motifs is 1. The summed E-state index contributed by atoms with van der Waals surface area (Å²) in [5.74, 6) is 0.983. The van der Waals surface area contributed by atoms with Gasteiger partial charge in [0.2, 0.25) is 5.95 Å². The van der Waals surface area contributed by atoms with Gasteiger partial charge in [-0.2, -0.15) is 10.1 Å². The predicted molar refractivity (Wildman–Crippen MR) is 117 cm³/mol. The molecule has 2 aromatic heterocycles. The van der Waals surface area contributed by atoms with Gasteiger partial charge in [-0.1, -0.05) is 28.1 Å². The largest absolute Gasteiger partial charge is 0.496 e. The van der Waals surface area contributed by atoms with Crippen molar-refractivity contribution in [2.45, 2.75) is 13.5 Å². The highest BCUT2D eigenvalue weighted by atomic mass is 79.9. The lowest BCUT2D eigenvalue weighted by molar-refractivity contribution is 0.414. The fourth-order valence-electron chi connectivity index (χ4n) is 2.92. The van der Waals surface area contributed by atoms with Crippen molar-refractivity contribution in [3.8, 4) is 5.75 Å². The topological polar surface area (TPSA) is 95.4 Å². The number of hydrogen-bond donors (Lipinski definition) is 1. The van der Waals surface area contributed by atoms with Crippen LogP contribution in [0.1, 0.15) is 12.5 Å². The van der Waals surface area contributed by atoms with Crippen molar-refractivity contribution in [1.29, 1.82) is 0 Å². The summed E-state index contributed by atoms with van der Waals surface area (Å²) in [6.07, 6.45) is 1.59. The molecule has 0 aliphatic heterocycles. The van der Waals surface area contributed by atoms with E-state index in [0.717, 1.165) is 20.2 Å². The third-order valence-electron chi connectivity index (χ3n) is 4.34. The van der Waals surface area contributed by atoms with Crippen molar-refractivity contribution < 1.29 is 4.74 Å². The summed E-state index contributed by atoms with van der Waals surface area (Å²) < 4.78 is 10.3. The van der Waals surface area contributed by atoms with Crippen LogP contribution in [0.4, 0.5) is 5.95 Å². The second kappa shape index (κ2) is 8.08. The first-order chi connectivity index (χ1) is 13.7. The number of imidazole rings is 1. The molecule has 3 rings (SSSR count). The van der Waals surface area contributed by atoms with Crippen LogP contribution in [0.3, 0.4) is 0 Å². The zero-order valence-electron chi connectivity index (χ0n) is 16.6. The van der Waals surface area contributed by atoms with E-state index in [0.29, 0.717) is 23.8 Å². The van der Waals surface area contributed by atoms with Crippen molar-refractivity contribution in [3.63, 3.8) is 0 Å². The summed E-state index contributed by atoms with van der Waals surface area (Å²) in [4.78, 5) is 29.4. The number of benzene rings is 1. The normalized spacial score (nSPS) is 11.3. The molecule has 0 unspecified atom stereocenters. The Bertz CT molecular complexity index is 1250. The van der Waals surface area contributed by atoms with Crippen molar-refractivity contribution in [3.05, 3.63) is 61.2 Å². The summed E-state index contributed by atoms with van der Waals surface area (Å²) in [5.41, 5.74) is 4.14. The molecule has 0 radical (unpaired) electrons. The molecule has 0 fully saturated rings. The van der Waals surface area contributed by atoms with E-state index in [2.05, 4.69) is 38.0 Å². The van der Waals surface area contributed by atoms with Crippen LogP contribution in [0.15, 0.2) is 49.5 Å². The zero-order chi connectivity index (χ0) is 21.3. The number of halogens is 1. The molecule has 0 saturated carbocycles. The van der Waals surface area contributed by atoms with E-state index in [1.807, 2.05) is 25.1 Å². The molecule has 0 spiro atoms. The molecular weight excluding hydrogens is 440 g/mol. The van der Waals surface area contributed by atoms with Gasteiger partial charge in [0.15, 0.2) is 11.2 Å². The van der Waals surface area contributed by atoms with Gasteiger partial charge in [0.05, 0.1) is 13.3 Å². The molecule has 0 aliphatic rings. The molecule has 0 saturated heterocycles. The number of hydrogen-bond acceptors (Lipinski definition) is 6. The SMILES string of the molecule is C=C(C)Cn1c(N/N=C/c2cc(Br)ccc2OC)nc2c1c(=O)n(C)c(=O)n2C. The zero-order valence-corrected chi connectivity index (χ0v) is 18.1. The van der Waals surface area contributed by atoms with Gasteiger partial charge in [-0.15, -0.1) is 0 Å². The minimum atomic E-state index is -0.448. The molecule has 0 amide bonds. The first-order valence-electron chi connectivity index (χ1n) is 8.67. The molecule has 29 heavy (non-hydrogen) atoms. The second-order valence-corrected chi connectivity index (χ2v) is 7.53. The maximum absolute atomic E-state index is 12.7. The highest BCUT2D eigenvalue weighted by Gasteiger charge is 2.19. The maximum Gasteiger partial charge on any atom is 0.332 e. The Morgan fingerprint density at radius 2 is 2.07 bits per heavy atom. The molecule has 10 heteroatoms. The van der Waals surface area contributed by atoms with Crippen LogP contribution < -0.4 is 21.4 Å². The van der Waals surface area contributed by atoms with E-state index in [4.69, 9.17) is 4.74 Å². The lowest BCUT2D eigenvalue weighted by atomic mass is 10.2. The van der Waals surface area contributed by atoms with Gasteiger partial charge in [0.25, 0.3) is 5.56 Å². The third-order valence-corrected chi connectivity index (χ3v) is 4.83. The van der Waals surface area contributed by atoms with Crippen LogP contribution >= 0.6 is 15.9 Å². The quantitative estimate of drug-likeness (QED) is 0.345. The lowest BCUT2D eigenvalue weighted by Gasteiger charge is -2.09. The van der Waals surface area contributed by atoms with Crippen LogP contribution in [-0.4, -0.2) is 32.0 Å². The first-order valence-corrected chi connectivity index (χ1v) is 9.47. The number of nitrogens with one attached hydrogen (secondary N) is 1. The molecule has 0 atom stereocenters. The summed E-state index contributed by atoms with van der Waals surface area (Å²) in [6, 6.07) is 5.55. The number of rotatable bonds is 6. The van der Waals surface area contributed by atoms with E-state index in [1.165, 1.54) is 11.6 Å². The standard InChI is InChI=1S/C19H21BrN6O3/c1-11(2)10-26-15-16(24(3)19(28)25(4)17(15)27)22-18(26)23-21-9-12-8-13(20)6-7-14(12)29-5/h6-9H,1,10H2,2-5H3,(H,22,23)/b21-9+. The number of methoxy groups -OCH3 is 1. The predicted octanol–water partition coefficient (Wildman–Crippen LogP) is 2.23. The highest BCUT2D eigenvalue weighted by molar-refractivity contribution is 9.10. The molecule has 9 nitrogen and oxygen atoms in total. The number of ether oxygens (including phenoxy) is 1. The minimum Gasteiger partial charge on any atom is -0.496 e. The Hall–Kier alpha value is -3.14. The molecule has 152 valence electrons. The van der Waals surface area contributed by atoms with Crippen molar-refractivity contribution in [2.75, 3.05) is 12.5 Å². The van der Waals surface area contributed by atoms with E-state index >= 15 is 0 Å². The van der Waals surface area contributed by atoms with Gasteiger partial charge in [0.1, 0.15) is 5.75 Å². The van der Waals surface area contributed by atoms with Crippen LogP contribution in [0, 0.1) is 0 Å². The van der Waals surface area contributed by atoms with Crippen molar-refractivity contribution in [1.82, 2.24) is 18.7 Å². The molecule has 0 aliphatic carbocycles. The lowest BCUT2D eigenvalue weighted by Crippen LogP contribution is -2.37.